The van der Waals surface area contributed by atoms with Crippen molar-refractivity contribution < 1.29 is 0 Å². The Labute approximate surface area is 216 Å². The van der Waals surface area contributed by atoms with Crippen LogP contribution in [0.5, 0.6) is 0 Å². The van der Waals surface area contributed by atoms with E-state index in [4.69, 9.17) is 0 Å². The van der Waals surface area contributed by atoms with Crippen LogP contribution in [0.2, 0.25) is 0 Å². The minimum absolute atomic E-state index is 0.459. The Morgan fingerprint density at radius 3 is 1.09 bits per heavy atom. The van der Waals surface area contributed by atoms with Gasteiger partial charge in [-0.2, -0.15) is 15.0 Å². The number of nitrogens with zero attached hydrogens (tertiary/aromatic N) is 4. The summed E-state index contributed by atoms with van der Waals surface area (Å²) in [6.45, 7) is 6.59. The molecule has 0 aliphatic carbocycles. The molecule has 0 aromatic carbocycles. The van der Waals surface area contributed by atoms with Gasteiger partial charge in [0.05, 0.1) is 0 Å². The minimum Gasteiger partial charge on any atom is -0.341 e. The molecule has 1 heterocycles. The lowest BCUT2D eigenvalue weighted by molar-refractivity contribution is 0.539. The second-order valence-electron chi connectivity index (χ2n) is 9.59. The van der Waals surface area contributed by atoms with Crippen molar-refractivity contribution in [3.8, 4) is 0 Å². The van der Waals surface area contributed by atoms with Gasteiger partial charge in [0.2, 0.25) is 5.95 Å². The number of thiol groups is 2. The smallest absolute Gasteiger partial charge is 0.230 e. The van der Waals surface area contributed by atoms with Crippen molar-refractivity contribution in [3.05, 3.63) is 0 Å². The van der Waals surface area contributed by atoms with E-state index in [2.05, 4.69) is 59.0 Å². The van der Waals surface area contributed by atoms with E-state index in [1.165, 1.54) is 128 Å². The van der Waals surface area contributed by atoms with Crippen molar-refractivity contribution in [2.45, 2.75) is 153 Å². The van der Waals surface area contributed by atoms with E-state index in [0.29, 0.717) is 10.3 Å². The maximum atomic E-state index is 4.48. The molecule has 0 N–H and O–H groups in total. The standard InChI is InChI=1S/C27H52N4S2/c1-3-5-7-9-11-13-15-17-19-21-23-31(25-28-26(32)30-27(33)29-25)24-22-20-18-16-14-12-10-8-6-4-2/h3-24H2,1-2H3,(H2,28,29,30,32,33). The molecule has 0 fully saturated rings. The molecule has 6 heteroatoms. The Bertz CT molecular complexity index is 527. The third-order valence-corrected chi connectivity index (χ3v) is 6.85. The second kappa shape index (κ2) is 22.0. The molecule has 192 valence electrons. The highest BCUT2D eigenvalue weighted by molar-refractivity contribution is 7.80. The maximum absolute atomic E-state index is 4.48. The number of hydrogen-bond donors (Lipinski definition) is 2. The largest absolute Gasteiger partial charge is 0.341 e. The minimum atomic E-state index is 0.459. The van der Waals surface area contributed by atoms with Crippen LogP contribution in [-0.4, -0.2) is 28.0 Å². The molecule has 0 bridgehead atoms. The van der Waals surface area contributed by atoms with Crippen LogP contribution in [0.25, 0.3) is 0 Å². The van der Waals surface area contributed by atoms with Gasteiger partial charge in [0, 0.05) is 13.1 Å². The fraction of sp³-hybridized carbons (Fsp3) is 0.889. The summed E-state index contributed by atoms with van der Waals surface area (Å²) in [5, 5.41) is 0.919. The third kappa shape index (κ3) is 17.6. The van der Waals surface area contributed by atoms with Gasteiger partial charge in [0.15, 0.2) is 10.3 Å². The zero-order valence-corrected chi connectivity index (χ0v) is 23.5. The van der Waals surface area contributed by atoms with Crippen molar-refractivity contribution in [2.24, 2.45) is 0 Å². The molecule has 4 nitrogen and oxygen atoms in total. The van der Waals surface area contributed by atoms with E-state index >= 15 is 0 Å². The summed E-state index contributed by atoms with van der Waals surface area (Å²) < 4.78 is 0. The molecule has 0 radical (unpaired) electrons. The average molecular weight is 497 g/mol. The van der Waals surface area contributed by atoms with Crippen LogP contribution >= 0.6 is 25.3 Å². The molecular weight excluding hydrogens is 444 g/mol. The van der Waals surface area contributed by atoms with Crippen LogP contribution in [0.3, 0.4) is 0 Å². The first kappa shape index (κ1) is 30.5. The van der Waals surface area contributed by atoms with Crippen molar-refractivity contribution in [3.63, 3.8) is 0 Å². The zero-order chi connectivity index (χ0) is 24.0. The normalized spacial score (nSPS) is 11.3. The number of rotatable bonds is 23. The van der Waals surface area contributed by atoms with E-state index in [1.54, 1.807) is 0 Å². The predicted molar refractivity (Wildman–Crippen MR) is 150 cm³/mol. The van der Waals surface area contributed by atoms with E-state index in [1.807, 2.05) is 0 Å². The quantitative estimate of drug-likeness (QED) is 0.117. The Morgan fingerprint density at radius 1 is 0.455 bits per heavy atom. The fourth-order valence-electron chi connectivity index (χ4n) is 4.38. The number of unbranched alkanes of at least 4 members (excludes halogenated alkanes) is 18. The van der Waals surface area contributed by atoms with E-state index < -0.39 is 0 Å². The lowest BCUT2D eigenvalue weighted by Crippen LogP contribution is -2.28. The number of anilines is 1. The van der Waals surface area contributed by atoms with Gasteiger partial charge in [-0.3, -0.25) is 0 Å². The van der Waals surface area contributed by atoms with Crippen LogP contribution in [-0.2, 0) is 0 Å². The first-order chi connectivity index (χ1) is 16.2. The molecular formula is C27H52N4S2. The Morgan fingerprint density at radius 2 is 0.758 bits per heavy atom. The summed E-state index contributed by atoms with van der Waals surface area (Å²) in [6.07, 6.45) is 27.1. The van der Waals surface area contributed by atoms with E-state index in [-0.39, 0.29) is 0 Å². The summed E-state index contributed by atoms with van der Waals surface area (Å²) in [4.78, 5) is 15.4. The molecule has 0 saturated carbocycles. The van der Waals surface area contributed by atoms with Gasteiger partial charge in [-0.1, -0.05) is 129 Å². The molecule has 33 heavy (non-hydrogen) atoms. The van der Waals surface area contributed by atoms with Crippen molar-refractivity contribution in [2.75, 3.05) is 18.0 Å². The molecule has 0 saturated heterocycles. The van der Waals surface area contributed by atoms with Gasteiger partial charge in [0.1, 0.15) is 0 Å². The SMILES string of the molecule is CCCCCCCCCCCCN(CCCCCCCCCCCC)c1nc(S)nc(S)n1. The molecule has 0 aliphatic rings. The highest BCUT2D eigenvalue weighted by Gasteiger charge is 2.11. The van der Waals surface area contributed by atoms with Crippen LogP contribution in [0.4, 0.5) is 5.95 Å². The van der Waals surface area contributed by atoms with E-state index in [0.717, 1.165) is 19.0 Å². The summed E-state index contributed by atoms with van der Waals surface area (Å²) in [5.41, 5.74) is 0. The van der Waals surface area contributed by atoms with Gasteiger partial charge >= 0.3 is 0 Å². The topological polar surface area (TPSA) is 41.9 Å². The third-order valence-electron chi connectivity index (χ3n) is 6.45. The number of aromatic nitrogens is 3. The zero-order valence-electron chi connectivity index (χ0n) is 21.7. The van der Waals surface area contributed by atoms with Crippen LogP contribution in [0.15, 0.2) is 10.3 Å². The van der Waals surface area contributed by atoms with Crippen molar-refractivity contribution in [1.29, 1.82) is 0 Å². The van der Waals surface area contributed by atoms with Gasteiger partial charge < -0.3 is 4.90 Å². The molecule has 0 atom stereocenters. The van der Waals surface area contributed by atoms with E-state index in [9.17, 15) is 0 Å². The monoisotopic (exact) mass is 496 g/mol. The maximum Gasteiger partial charge on any atom is 0.230 e. The van der Waals surface area contributed by atoms with Crippen LogP contribution < -0.4 is 4.90 Å². The molecule has 0 spiro atoms. The fourth-order valence-corrected chi connectivity index (χ4v) is 4.82. The Balaban J connectivity index is 2.25. The first-order valence-corrected chi connectivity index (χ1v) is 15.0. The summed E-state index contributed by atoms with van der Waals surface area (Å²) in [5.74, 6) is 0.742. The molecule has 1 rings (SSSR count). The van der Waals surface area contributed by atoms with Crippen molar-refractivity contribution >= 4 is 31.2 Å². The summed E-state index contributed by atoms with van der Waals surface area (Å²) in [6, 6.07) is 0. The average Bonchev–Trinajstić information content (AvgIpc) is 2.79. The summed E-state index contributed by atoms with van der Waals surface area (Å²) in [7, 11) is 0. The predicted octanol–water partition coefficient (Wildman–Crippen LogP) is 9.10. The first-order valence-electron chi connectivity index (χ1n) is 14.1. The highest BCUT2D eigenvalue weighted by Crippen LogP contribution is 2.17. The van der Waals surface area contributed by atoms with Crippen molar-refractivity contribution in [1.82, 2.24) is 15.0 Å². The molecule has 0 amide bonds. The second-order valence-corrected chi connectivity index (χ2v) is 10.4. The Kier molecular flexibility index (Phi) is 20.4. The van der Waals surface area contributed by atoms with Crippen LogP contribution in [0.1, 0.15) is 142 Å². The molecule has 1 aromatic rings. The van der Waals surface area contributed by atoms with Gasteiger partial charge in [-0.05, 0) is 12.8 Å². The molecule has 0 unspecified atom stereocenters. The molecule has 1 aromatic heterocycles. The molecule has 0 aliphatic heterocycles. The van der Waals surface area contributed by atoms with Gasteiger partial charge in [-0.15, -0.1) is 25.3 Å². The Hall–Kier alpha value is -0.490. The highest BCUT2D eigenvalue weighted by atomic mass is 32.1. The van der Waals surface area contributed by atoms with Crippen LogP contribution in [0, 0.1) is 0 Å². The lowest BCUT2D eigenvalue weighted by Gasteiger charge is -2.23. The van der Waals surface area contributed by atoms with Gasteiger partial charge in [0.25, 0.3) is 0 Å². The van der Waals surface area contributed by atoms with Gasteiger partial charge in [-0.25, -0.2) is 0 Å². The lowest BCUT2D eigenvalue weighted by atomic mass is 10.1. The summed E-state index contributed by atoms with van der Waals surface area (Å²) >= 11 is 8.67. The number of hydrogen-bond acceptors (Lipinski definition) is 6.